The first-order valence-corrected chi connectivity index (χ1v) is 9.41. The smallest absolute Gasteiger partial charge is 0.338 e. The summed E-state index contributed by atoms with van der Waals surface area (Å²) >= 11 is 13.0. The van der Waals surface area contributed by atoms with Gasteiger partial charge < -0.3 is 4.74 Å². The highest BCUT2D eigenvalue weighted by molar-refractivity contribution is 7.10. The lowest BCUT2D eigenvalue weighted by molar-refractivity contribution is 0.0467. The number of aromatic nitrogens is 2. The molecule has 2 amide bonds. The van der Waals surface area contributed by atoms with E-state index < -0.39 is 17.8 Å². The zero-order valence-electron chi connectivity index (χ0n) is 13.9. The Labute approximate surface area is 172 Å². The lowest BCUT2D eigenvalue weighted by atomic mass is 10.1. The molecule has 3 aromatic rings. The molecule has 1 aliphatic heterocycles. The van der Waals surface area contributed by atoms with Crippen molar-refractivity contribution < 1.29 is 19.1 Å². The van der Waals surface area contributed by atoms with Crippen molar-refractivity contribution in [3.63, 3.8) is 0 Å². The number of halogens is 2. The van der Waals surface area contributed by atoms with Gasteiger partial charge >= 0.3 is 5.97 Å². The Morgan fingerprint density at radius 1 is 1.07 bits per heavy atom. The normalized spacial score (nSPS) is 13.0. The second-order valence-electron chi connectivity index (χ2n) is 5.73. The lowest BCUT2D eigenvalue weighted by Crippen LogP contribution is -2.29. The Bertz CT molecular complexity index is 1130. The van der Waals surface area contributed by atoms with Gasteiger partial charge in [-0.2, -0.15) is 0 Å². The monoisotopic (exact) mass is 433 g/mol. The van der Waals surface area contributed by atoms with Crippen LogP contribution in [0.5, 0.6) is 0 Å². The van der Waals surface area contributed by atoms with Crippen LogP contribution in [0.3, 0.4) is 0 Å². The van der Waals surface area contributed by atoms with Crippen molar-refractivity contribution in [2.24, 2.45) is 0 Å². The summed E-state index contributed by atoms with van der Waals surface area (Å²) in [5.74, 6) is -1.74. The summed E-state index contributed by atoms with van der Waals surface area (Å²) in [7, 11) is 0. The van der Waals surface area contributed by atoms with Crippen molar-refractivity contribution in [1.82, 2.24) is 9.59 Å². The SMILES string of the molecule is O=C(OCc1nnsc1Cl)c1ccc2c(c1)C(=O)N(c1ccccc1Cl)C2=O. The van der Waals surface area contributed by atoms with Crippen molar-refractivity contribution >= 4 is 58.2 Å². The molecule has 28 heavy (non-hydrogen) atoms. The zero-order chi connectivity index (χ0) is 19.8. The summed E-state index contributed by atoms with van der Waals surface area (Å²) in [5, 5.41) is 4.02. The molecule has 0 aliphatic carbocycles. The van der Waals surface area contributed by atoms with Crippen LogP contribution in [0.4, 0.5) is 5.69 Å². The molecule has 1 aliphatic rings. The van der Waals surface area contributed by atoms with Crippen LogP contribution in [0.25, 0.3) is 0 Å². The van der Waals surface area contributed by atoms with Gasteiger partial charge in [-0.15, -0.1) is 5.10 Å². The third-order valence-electron chi connectivity index (χ3n) is 4.06. The predicted octanol–water partition coefficient (Wildman–Crippen LogP) is 4.00. The number of nitrogens with zero attached hydrogens (tertiary/aromatic N) is 3. The van der Waals surface area contributed by atoms with Gasteiger partial charge in [-0.1, -0.05) is 39.8 Å². The first-order valence-electron chi connectivity index (χ1n) is 7.88. The maximum atomic E-state index is 12.8. The first-order chi connectivity index (χ1) is 13.5. The van der Waals surface area contributed by atoms with E-state index in [0.717, 1.165) is 16.4 Å². The number of esters is 1. The minimum atomic E-state index is -0.677. The quantitative estimate of drug-likeness (QED) is 0.456. The number of ether oxygens (including phenoxy) is 1. The average Bonchev–Trinajstić information content (AvgIpc) is 3.21. The topological polar surface area (TPSA) is 89.5 Å². The number of anilines is 1. The highest BCUT2D eigenvalue weighted by Gasteiger charge is 2.38. The fraction of sp³-hybridized carbons (Fsp3) is 0.0556. The fourth-order valence-corrected chi connectivity index (χ4v) is 3.54. The second kappa shape index (κ2) is 7.31. The van der Waals surface area contributed by atoms with Gasteiger partial charge in [0.15, 0.2) is 0 Å². The molecule has 2 aromatic carbocycles. The Morgan fingerprint density at radius 3 is 2.54 bits per heavy atom. The minimum absolute atomic E-state index is 0.104. The summed E-state index contributed by atoms with van der Waals surface area (Å²) in [5.41, 5.74) is 1.05. The van der Waals surface area contributed by atoms with E-state index in [-0.39, 0.29) is 34.0 Å². The molecule has 0 bridgehead atoms. The van der Waals surface area contributed by atoms with Gasteiger partial charge in [-0.05, 0) is 30.3 Å². The number of fused-ring (bicyclic) bond motifs is 1. The van der Waals surface area contributed by atoms with Crippen molar-refractivity contribution in [2.75, 3.05) is 4.90 Å². The maximum absolute atomic E-state index is 12.8. The highest BCUT2D eigenvalue weighted by atomic mass is 35.5. The van der Waals surface area contributed by atoms with Crippen molar-refractivity contribution in [1.29, 1.82) is 0 Å². The Kier molecular flexibility index (Phi) is 4.84. The van der Waals surface area contributed by atoms with Crippen LogP contribution in [0.2, 0.25) is 9.36 Å². The molecule has 0 N–H and O–H groups in total. The summed E-state index contributed by atoms with van der Waals surface area (Å²) in [6.45, 7) is -0.149. The molecule has 0 unspecified atom stereocenters. The lowest BCUT2D eigenvalue weighted by Gasteiger charge is -2.15. The number of carbonyl (C=O) groups excluding carboxylic acids is 3. The molecular weight excluding hydrogens is 425 g/mol. The van der Waals surface area contributed by atoms with Crippen LogP contribution < -0.4 is 4.90 Å². The van der Waals surface area contributed by atoms with Crippen LogP contribution in [-0.4, -0.2) is 27.4 Å². The first kappa shape index (κ1) is 18.5. The van der Waals surface area contributed by atoms with Crippen LogP contribution in [0.15, 0.2) is 42.5 Å². The molecule has 10 heteroatoms. The number of hydrogen-bond acceptors (Lipinski definition) is 7. The molecule has 2 heterocycles. The number of benzene rings is 2. The van der Waals surface area contributed by atoms with Gasteiger partial charge in [-0.3, -0.25) is 9.59 Å². The van der Waals surface area contributed by atoms with E-state index in [1.54, 1.807) is 24.3 Å². The molecule has 140 valence electrons. The standard InChI is InChI=1S/C18H9Cl2N3O4S/c19-12-3-1-2-4-14(12)23-16(24)10-6-5-9(7-11(10)17(23)25)18(26)27-8-13-15(20)28-22-21-13/h1-7H,8H2. The van der Waals surface area contributed by atoms with E-state index in [9.17, 15) is 14.4 Å². The van der Waals surface area contributed by atoms with Gasteiger partial charge in [0.25, 0.3) is 11.8 Å². The summed E-state index contributed by atoms with van der Waals surface area (Å²) in [6, 6.07) is 10.7. The largest absolute Gasteiger partial charge is 0.455 e. The van der Waals surface area contributed by atoms with Crippen LogP contribution in [-0.2, 0) is 11.3 Å². The van der Waals surface area contributed by atoms with Crippen LogP contribution in [0.1, 0.15) is 36.8 Å². The average molecular weight is 434 g/mol. The van der Waals surface area contributed by atoms with Gasteiger partial charge in [0.1, 0.15) is 16.6 Å². The predicted molar refractivity (Wildman–Crippen MR) is 103 cm³/mol. The van der Waals surface area contributed by atoms with Gasteiger partial charge in [0, 0.05) is 11.5 Å². The van der Waals surface area contributed by atoms with E-state index in [4.69, 9.17) is 27.9 Å². The maximum Gasteiger partial charge on any atom is 0.338 e. The van der Waals surface area contributed by atoms with E-state index >= 15 is 0 Å². The molecule has 0 saturated heterocycles. The van der Waals surface area contributed by atoms with E-state index in [1.165, 1.54) is 18.2 Å². The molecular formula is C18H9Cl2N3O4S. The third kappa shape index (κ3) is 3.15. The van der Waals surface area contributed by atoms with Crippen molar-refractivity contribution in [3.8, 4) is 0 Å². The number of rotatable bonds is 4. The third-order valence-corrected chi connectivity index (χ3v) is 5.37. The number of hydrogen-bond donors (Lipinski definition) is 0. The van der Waals surface area contributed by atoms with Crippen LogP contribution >= 0.6 is 34.7 Å². The number of carbonyl (C=O) groups is 3. The van der Waals surface area contributed by atoms with Gasteiger partial charge in [0.05, 0.1) is 27.4 Å². The summed E-state index contributed by atoms with van der Waals surface area (Å²) < 4.78 is 9.14. The van der Waals surface area contributed by atoms with E-state index in [1.807, 2.05) is 0 Å². The molecule has 0 atom stereocenters. The Balaban J connectivity index is 1.59. The molecule has 4 rings (SSSR count). The zero-order valence-corrected chi connectivity index (χ0v) is 16.2. The number of para-hydroxylation sites is 1. The van der Waals surface area contributed by atoms with E-state index in [2.05, 4.69) is 9.59 Å². The van der Waals surface area contributed by atoms with Crippen molar-refractivity contribution in [3.05, 3.63) is 74.2 Å². The molecule has 7 nitrogen and oxygen atoms in total. The fourth-order valence-electron chi connectivity index (χ4n) is 2.72. The van der Waals surface area contributed by atoms with Crippen molar-refractivity contribution in [2.45, 2.75) is 6.61 Å². The summed E-state index contributed by atoms with van der Waals surface area (Å²) in [4.78, 5) is 38.7. The van der Waals surface area contributed by atoms with Gasteiger partial charge in [0.2, 0.25) is 0 Å². The molecule has 0 radical (unpaired) electrons. The number of amides is 2. The number of imide groups is 1. The molecule has 0 fully saturated rings. The minimum Gasteiger partial charge on any atom is -0.455 e. The Hall–Kier alpha value is -2.81. The van der Waals surface area contributed by atoms with E-state index in [0.29, 0.717) is 10.0 Å². The Morgan fingerprint density at radius 2 is 1.82 bits per heavy atom. The second-order valence-corrected chi connectivity index (χ2v) is 7.49. The highest BCUT2D eigenvalue weighted by Crippen LogP contribution is 2.33. The molecule has 0 saturated carbocycles. The molecule has 1 aromatic heterocycles. The van der Waals surface area contributed by atoms with Crippen LogP contribution in [0, 0.1) is 0 Å². The summed E-state index contributed by atoms with van der Waals surface area (Å²) in [6.07, 6.45) is 0. The van der Waals surface area contributed by atoms with Gasteiger partial charge in [-0.25, -0.2) is 9.69 Å². The molecule has 0 spiro atoms.